The molecule has 0 aliphatic carbocycles. The number of fused-ring (bicyclic) bond motifs is 1. The van der Waals surface area contributed by atoms with Crippen molar-refractivity contribution in [2.45, 2.75) is 12.8 Å². The van der Waals surface area contributed by atoms with Crippen molar-refractivity contribution in [2.75, 3.05) is 11.1 Å². The topological polar surface area (TPSA) is 105 Å². The molecule has 0 atom stereocenters. The summed E-state index contributed by atoms with van der Waals surface area (Å²) in [5.41, 5.74) is 7.92. The second-order valence-electron chi connectivity index (χ2n) is 5.25. The number of carboxylic acid groups (broad SMARTS) is 1. The van der Waals surface area contributed by atoms with Crippen LogP contribution in [0.5, 0.6) is 0 Å². The molecule has 2 aromatic carbocycles. The van der Waals surface area contributed by atoms with Crippen LogP contribution in [0.1, 0.15) is 22.3 Å². The highest BCUT2D eigenvalue weighted by molar-refractivity contribution is 7.22. The fraction of sp³-hybridized carbons (Fsp3) is 0.118. The zero-order valence-corrected chi connectivity index (χ0v) is 13.5. The first-order valence-corrected chi connectivity index (χ1v) is 8.11. The number of para-hydroxylation sites is 1. The standard InChI is InChI=1S/C17H15N3O3S/c18-17-20-13-7-5-10(9-14(13)24-17)6-8-15(21)19-12-4-2-1-3-11(12)16(22)23/h1-5,7,9H,6,8H2,(H2,18,20)(H,19,21)(H,22,23). The number of carbonyl (C=O) groups is 2. The molecule has 122 valence electrons. The van der Waals surface area contributed by atoms with Gasteiger partial charge in [0.05, 0.1) is 21.5 Å². The number of nitrogens with two attached hydrogens (primary N) is 1. The van der Waals surface area contributed by atoms with Gasteiger partial charge < -0.3 is 16.2 Å². The molecule has 0 aliphatic rings. The third-order valence-electron chi connectivity index (χ3n) is 3.54. The lowest BCUT2D eigenvalue weighted by Crippen LogP contribution is -2.15. The number of anilines is 2. The molecule has 1 amide bonds. The van der Waals surface area contributed by atoms with E-state index in [2.05, 4.69) is 10.3 Å². The van der Waals surface area contributed by atoms with Gasteiger partial charge in [0.2, 0.25) is 5.91 Å². The summed E-state index contributed by atoms with van der Waals surface area (Å²) in [6.07, 6.45) is 0.808. The maximum absolute atomic E-state index is 12.1. The number of benzene rings is 2. The number of nitrogens with one attached hydrogen (secondary N) is 1. The summed E-state index contributed by atoms with van der Waals surface area (Å²) in [6, 6.07) is 12.1. The predicted octanol–water partition coefficient (Wildman–Crippen LogP) is 3.15. The molecule has 7 heteroatoms. The second kappa shape index (κ2) is 6.67. The molecule has 0 radical (unpaired) electrons. The zero-order chi connectivity index (χ0) is 17.1. The van der Waals surface area contributed by atoms with E-state index in [0.717, 1.165) is 15.8 Å². The minimum absolute atomic E-state index is 0.0763. The Morgan fingerprint density at radius 3 is 2.79 bits per heavy atom. The summed E-state index contributed by atoms with van der Waals surface area (Å²) >= 11 is 1.41. The van der Waals surface area contributed by atoms with Crippen LogP contribution in [0.25, 0.3) is 10.2 Å². The van der Waals surface area contributed by atoms with Gasteiger partial charge in [-0.3, -0.25) is 4.79 Å². The maximum Gasteiger partial charge on any atom is 0.337 e. The highest BCUT2D eigenvalue weighted by Crippen LogP contribution is 2.25. The molecule has 1 aromatic heterocycles. The molecular weight excluding hydrogens is 326 g/mol. The van der Waals surface area contributed by atoms with E-state index in [1.165, 1.54) is 17.4 Å². The molecule has 3 rings (SSSR count). The van der Waals surface area contributed by atoms with Gasteiger partial charge in [0.25, 0.3) is 0 Å². The molecule has 0 spiro atoms. The van der Waals surface area contributed by atoms with Gasteiger partial charge >= 0.3 is 5.97 Å². The average molecular weight is 341 g/mol. The third-order valence-corrected chi connectivity index (χ3v) is 4.39. The molecule has 1 heterocycles. The summed E-state index contributed by atoms with van der Waals surface area (Å²) in [7, 11) is 0. The molecule has 0 unspecified atom stereocenters. The van der Waals surface area contributed by atoms with Gasteiger partial charge in [-0.2, -0.15) is 0 Å². The Morgan fingerprint density at radius 2 is 2.00 bits per heavy atom. The number of thiazole rings is 1. The van der Waals surface area contributed by atoms with Crippen LogP contribution < -0.4 is 11.1 Å². The normalized spacial score (nSPS) is 10.7. The Morgan fingerprint density at radius 1 is 1.21 bits per heavy atom. The Hall–Kier alpha value is -2.93. The number of rotatable bonds is 5. The lowest BCUT2D eigenvalue weighted by Gasteiger charge is -2.08. The second-order valence-corrected chi connectivity index (χ2v) is 6.32. The van der Waals surface area contributed by atoms with Gasteiger partial charge in [-0.05, 0) is 36.2 Å². The van der Waals surface area contributed by atoms with Crippen molar-refractivity contribution in [3.8, 4) is 0 Å². The first kappa shape index (κ1) is 15.9. The van der Waals surface area contributed by atoms with Gasteiger partial charge in [-0.25, -0.2) is 9.78 Å². The van der Waals surface area contributed by atoms with Crippen molar-refractivity contribution in [2.24, 2.45) is 0 Å². The molecule has 24 heavy (non-hydrogen) atoms. The minimum Gasteiger partial charge on any atom is -0.478 e. The van der Waals surface area contributed by atoms with Crippen LogP contribution in [0, 0.1) is 0 Å². The Bertz CT molecular complexity index is 920. The Kier molecular flexibility index (Phi) is 4.43. The summed E-state index contributed by atoms with van der Waals surface area (Å²) in [5.74, 6) is -1.30. The van der Waals surface area contributed by atoms with Crippen LogP contribution in [-0.4, -0.2) is 22.0 Å². The largest absolute Gasteiger partial charge is 0.478 e. The molecule has 3 aromatic rings. The molecule has 0 aliphatic heterocycles. The van der Waals surface area contributed by atoms with E-state index in [9.17, 15) is 9.59 Å². The van der Waals surface area contributed by atoms with Crippen molar-refractivity contribution < 1.29 is 14.7 Å². The highest BCUT2D eigenvalue weighted by atomic mass is 32.1. The number of nitrogen functional groups attached to an aromatic ring is 1. The molecule has 6 nitrogen and oxygen atoms in total. The zero-order valence-electron chi connectivity index (χ0n) is 12.7. The molecule has 4 N–H and O–H groups in total. The average Bonchev–Trinajstić information content (AvgIpc) is 2.92. The fourth-order valence-electron chi connectivity index (χ4n) is 2.39. The van der Waals surface area contributed by atoms with E-state index in [4.69, 9.17) is 10.8 Å². The van der Waals surface area contributed by atoms with Crippen LogP contribution in [0.15, 0.2) is 42.5 Å². The lowest BCUT2D eigenvalue weighted by atomic mass is 10.1. The van der Waals surface area contributed by atoms with Gasteiger partial charge in [0.1, 0.15) is 0 Å². The first-order valence-electron chi connectivity index (χ1n) is 7.30. The van der Waals surface area contributed by atoms with Gasteiger partial charge in [-0.15, -0.1) is 0 Å². The summed E-state index contributed by atoms with van der Waals surface area (Å²) in [5, 5.41) is 12.3. The number of aromatic nitrogens is 1. The molecule has 0 bridgehead atoms. The van der Waals surface area contributed by atoms with Crippen LogP contribution in [-0.2, 0) is 11.2 Å². The van der Waals surface area contributed by atoms with E-state index in [-0.39, 0.29) is 17.9 Å². The van der Waals surface area contributed by atoms with Gasteiger partial charge in [0.15, 0.2) is 5.13 Å². The number of aromatic carboxylic acids is 1. The van der Waals surface area contributed by atoms with Crippen LogP contribution in [0.4, 0.5) is 10.8 Å². The summed E-state index contributed by atoms with van der Waals surface area (Å²) < 4.78 is 0.988. The number of amides is 1. The number of hydrogen-bond acceptors (Lipinski definition) is 5. The number of hydrogen-bond donors (Lipinski definition) is 3. The number of nitrogens with zero attached hydrogens (tertiary/aromatic N) is 1. The van der Waals surface area contributed by atoms with E-state index in [1.807, 2.05) is 18.2 Å². The fourth-order valence-corrected chi connectivity index (χ4v) is 3.19. The number of aryl methyl sites for hydroxylation is 1. The lowest BCUT2D eigenvalue weighted by molar-refractivity contribution is -0.116. The molecule has 0 saturated carbocycles. The Labute approximate surface area is 141 Å². The van der Waals surface area contributed by atoms with Crippen molar-refractivity contribution in [1.29, 1.82) is 0 Å². The van der Waals surface area contributed by atoms with Crippen molar-refractivity contribution in [1.82, 2.24) is 4.98 Å². The first-order chi connectivity index (χ1) is 11.5. The number of carboxylic acids is 1. The molecular formula is C17H15N3O3S. The maximum atomic E-state index is 12.1. The highest BCUT2D eigenvalue weighted by Gasteiger charge is 2.12. The molecule has 0 fully saturated rings. The van der Waals surface area contributed by atoms with Crippen molar-refractivity contribution >= 4 is 44.2 Å². The predicted molar refractivity (Wildman–Crippen MR) is 94.4 cm³/mol. The van der Waals surface area contributed by atoms with E-state index in [1.54, 1.807) is 18.2 Å². The summed E-state index contributed by atoms with van der Waals surface area (Å²) in [6.45, 7) is 0. The van der Waals surface area contributed by atoms with Crippen molar-refractivity contribution in [3.63, 3.8) is 0 Å². The van der Waals surface area contributed by atoms with Crippen molar-refractivity contribution in [3.05, 3.63) is 53.6 Å². The number of carbonyl (C=O) groups excluding carboxylic acids is 1. The van der Waals surface area contributed by atoms with E-state index < -0.39 is 5.97 Å². The quantitative estimate of drug-likeness (QED) is 0.661. The van der Waals surface area contributed by atoms with Gasteiger partial charge in [-0.1, -0.05) is 29.5 Å². The Balaban J connectivity index is 1.65. The molecule has 0 saturated heterocycles. The third kappa shape index (κ3) is 3.52. The monoisotopic (exact) mass is 341 g/mol. The smallest absolute Gasteiger partial charge is 0.337 e. The van der Waals surface area contributed by atoms with Gasteiger partial charge in [0, 0.05) is 6.42 Å². The van der Waals surface area contributed by atoms with Crippen LogP contribution >= 0.6 is 11.3 Å². The SMILES string of the molecule is Nc1nc2ccc(CCC(=O)Nc3ccccc3C(=O)O)cc2s1. The minimum atomic E-state index is -1.07. The van der Waals surface area contributed by atoms with E-state index >= 15 is 0 Å². The van der Waals surface area contributed by atoms with Crippen LogP contribution in [0.3, 0.4) is 0 Å². The summed E-state index contributed by atoms with van der Waals surface area (Å²) in [4.78, 5) is 27.4. The van der Waals surface area contributed by atoms with E-state index in [0.29, 0.717) is 17.2 Å². The van der Waals surface area contributed by atoms with Crippen LogP contribution in [0.2, 0.25) is 0 Å².